The Balaban J connectivity index is 1.31. The molecule has 1 aromatic heterocycles. The van der Waals surface area contributed by atoms with Crippen LogP contribution in [-0.4, -0.2) is 48.8 Å². The predicted octanol–water partition coefficient (Wildman–Crippen LogP) is 1.04. The maximum atomic E-state index is 11.9. The molecular formula is C21H26N4O4. The summed E-state index contributed by atoms with van der Waals surface area (Å²) in [5.41, 5.74) is 2.27. The van der Waals surface area contributed by atoms with Gasteiger partial charge in [-0.3, -0.25) is 19.3 Å². The zero-order valence-electron chi connectivity index (χ0n) is 16.3. The highest BCUT2D eigenvalue weighted by Crippen LogP contribution is 2.13. The van der Waals surface area contributed by atoms with Gasteiger partial charge in [0.05, 0.1) is 19.4 Å². The quantitative estimate of drug-likeness (QED) is 0.586. The minimum absolute atomic E-state index is 0.127. The van der Waals surface area contributed by atoms with Crippen molar-refractivity contribution in [3.05, 3.63) is 59.5 Å². The average molecular weight is 398 g/mol. The van der Waals surface area contributed by atoms with Crippen LogP contribution in [0.4, 0.5) is 0 Å². The molecule has 3 amide bonds. The highest BCUT2D eigenvalue weighted by atomic mass is 16.3. The zero-order valence-corrected chi connectivity index (χ0v) is 16.3. The third kappa shape index (κ3) is 6.76. The lowest BCUT2D eigenvalue weighted by atomic mass is 10.1. The van der Waals surface area contributed by atoms with Gasteiger partial charge in [0.2, 0.25) is 11.8 Å². The van der Waals surface area contributed by atoms with Crippen LogP contribution in [0.5, 0.6) is 0 Å². The van der Waals surface area contributed by atoms with Crippen LogP contribution in [-0.2, 0) is 22.7 Å². The van der Waals surface area contributed by atoms with Gasteiger partial charge in [-0.15, -0.1) is 0 Å². The summed E-state index contributed by atoms with van der Waals surface area (Å²) in [6.45, 7) is 3.31. The van der Waals surface area contributed by atoms with Crippen LogP contribution in [0, 0.1) is 0 Å². The van der Waals surface area contributed by atoms with Crippen molar-refractivity contribution < 1.29 is 18.8 Å². The molecule has 0 atom stereocenters. The molecule has 1 fully saturated rings. The average Bonchev–Trinajstić information content (AvgIpc) is 3.44. The third-order valence-corrected chi connectivity index (χ3v) is 4.72. The smallest absolute Gasteiger partial charge is 0.287 e. The number of nitrogens with zero attached hydrogens (tertiary/aromatic N) is 1. The molecule has 1 saturated heterocycles. The van der Waals surface area contributed by atoms with Crippen LogP contribution in [0.25, 0.3) is 0 Å². The highest BCUT2D eigenvalue weighted by Gasteiger charge is 2.12. The summed E-state index contributed by atoms with van der Waals surface area (Å²) >= 11 is 0. The summed E-state index contributed by atoms with van der Waals surface area (Å²) in [7, 11) is 0. The monoisotopic (exact) mass is 398 g/mol. The fraction of sp³-hybridized carbons (Fsp3) is 0.381. The predicted molar refractivity (Wildman–Crippen MR) is 107 cm³/mol. The Morgan fingerprint density at radius 2 is 1.52 bits per heavy atom. The largest absolute Gasteiger partial charge is 0.459 e. The molecule has 2 heterocycles. The molecule has 8 heteroatoms. The van der Waals surface area contributed by atoms with E-state index in [-0.39, 0.29) is 24.8 Å². The molecule has 3 rings (SSSR count). The normalized spacial score (nSPS) is 13.8. The number of hydrogen-bond acceptors (Lipinski definition) is 5. The fourth-order valence-electron chi connectivity index (χ4n) is 3.12. The minimum atomic E-state index is -0.484. The lowest BCUT2D eigenvalue weighted by Crippen LogP contribution is -2.41. The molecule has 0 bridgehead atoms. The van der Waals surface area contributed by atoms with Crippen molar-refractivity contribution in [1.29, 1.82) is 0 Å². The van der Waals surface area contributed by atoms with Crippen molar-refractivity contribution in [1.82, 2.24) is 20.9 Å². The molecule has 1 aliphatic heterocycles. The summed E-state index contributed by atoms with van der Waals surface area (Å²) in [4.78, 5) is 37.7. The first-order valence-electron chi connectivity index (χ1n) is 9.75. The summed E-state index contributed by atoms with van der Waals surface area (Å²) in [6.07, 6.45) is 3.93. The van der Waals surface area contributed by atoms with Crippen LogP contribution in [0.2, 0.25) is 0 Å². The van der Waals surface area contributed by atoms with Crippen LogP contribution < -0.4 is 16.0 Å². The topological polar surface area (TPSA) is 104 Å². The van der Waals surface area contributed by atoms with E-state index < -0.39 is 11.8 Å². The molecule has 2 aromatic rings. The second-order valence-corrected chi connectivity index (χ2v) is 7.01. The van der Waals surface area contributed by atoms with Gasteiger partial charge < -0.3 is 20.4 Å². The Labute approximate surface area is 169 Å². The van der Waals surface area contributed by atoms with Gasteiger partial charge in [0.1, 0.15) is 0 Å². The van der Waals surface area contributed by atoms with Gasteiger partial charge in [0, 0.05) is 13.1 Å². The van der Waals surface area contributed by atoms with Gasteiger partial charge in [-0.05, 0) is 49.2 Å². The van der Waals surface area contributed by atoms with Crippen LogP contribution in [0.15, 0.2) is 47.1 Å². The summed E-state index contributed by atoms with van der Waals surface area (Å²) in [5.74, 6) is -1.10. The number of furan rings is 1. The first-order valence-corrected chi connectivity index (χ1v) is 9.75. The van der Waals surface area contributed by atoms with Gasteiger partial charge in [-0.25, -0.2) is 0 Å². The van der Waals surface area contributed by atoms with E-state index in [1.807, 2.05) is 12.1 Å². The molecule has 0 spiro atoms. The standard InChI is InChI=1S/C21H26N4O4/c26-19(13-23-20(27)14-24-21(28)18-4-3-11-29-18)22-12-16-5-7-17(8-6-16)15-25-9-1-2-10-25/h3-8,11H,1-2,9-10,12-15H2,(H,22,26)(H,23,27)(H,24,28). The van der Waals surface area contributed by atoms with Gasteiger partial charge in [-0.2, -0.15) is 0 Å². The van der Waals surface area contributed by atoms with Gasteiger partial charge in [0.25, 0.3) is 5.91 Å². The maximum absolute atomic E-state index is 11.9. The Kier molecular flexibility index (Phi) is 7.40. The zero-order chi connectivity index (χ0) is 20.5. The molecule has 0 saturated carbocycles. The van der Waals surface area contributed by atoms with E-state index >= 15 is 0 Å². The van der Waals surface area contributed by atoms with E-state index in [1.54, 1.807) is 6.07 Å². The van der Waals surface area contributed by atoms with Crippen LogP contribution >= 0.6 is 0 Å². The third-order valence-electron chi connectivity index (χ3n) is 4.72. The van der Waals surface area contributed by atoms with Crippen molar-refractivity contribution in [2.75, 3.05) is 26.2 Å². The van der Waals surface area contributed by atoms with Crippen molar-refractivity contribution in [3.8, 4) is 0 Å². The fourth-order valence-corrected chi connectivity index (χ4v) is 3.12. The van der Waals surface area contributed by atoms with Crippen molar-refractivity contribution in [2.45, 2.75) is 25.9 Å². The van der Waals surface area contributed by atoms with Gasteiger partial charge in [-0.1, -0.05) is 24.3 Å². The molecule has 154 valence electrons. The number of amides is 3. The van der Waals surface area contributed by atoms with Crippen LogP contribution in [0.1, 0.15) is 34.5 Å². The van der Waals surface area contributed by atoms with Crippen molar-refractivity contribution in [2.24, 2.45) is 0 Å². The van der Waals surface area contributed by atoms with E-state index in [4.69, 9.17) is 4.42 Å². The molecule has 0 radical (unpaired) electrons. The number of nitrogens with one attached hydrogen (secondary N) is 3. The van der Waals surface area contributed by atoms with Crippen molar-refractivity contribution >= 4 is 17.7 Å². The summed E-state index contributed by atoms with van der Waals surface area (Å²) < 4.78 is 4.93. The van der Waals surface area contributed by atoms with E-state index in [0.29, 0.717) is 6.54 Å². The summed E-state index contributed by atoms with van der Waals surface area (Å²) in [5, 5.41) is 7.65. The van der Waals surface area contributed by atoms with E-state index in [1.165, 1.54) is 30.7 Å². The number of carbonyl (C=O) groups is 3. The first-order chi connectivity index (χ1) is 14.1. The number of benzene rings is 1. The Morgan fingerprint density at radius 1 is 0.862 bits per heavy atom. The number of likely N-dealkylation sites (tertiary alicyclic amines) is 1. The lowest BCUT2D eigenvalue weighted by Gasteiger charge is -2.14. The molecule has 1 aliphatic rings. The number of hydrogen-bond donors (Lipinski definition) is 3. The Hall–Kier alpha value is -3.13. The number of rotatable bonds is 9. The number of carbonyl (C=O) groups excluding carboxylic acids is 3. The molecule has 29 heavy (non-hydrogen) atoms. The highest BCUT2D eigenvalue weighted by molar-refractivity contribution is 5.94. The Bertz CT molecular complexity index is 812. The van der Waals surface area contributed by atoms with E-state index in [9.17, 15) is 14.4 Å². The van der Waals surface area contributed by atoms with Gasteiger partial charge in [0.15, 0.2) is 5.76 Å². The maximum Gasteiger partial charge on any atom is 0.287 e. The second kappa shape index (κ2) is 10.4. The van der Waals surface area contributed by atoms with E-state index in [0.717, 1.165) is 25.2 Å². The first kappa shape index (κ1) is 20.6. The molecular weight excluding hydrogens is 372 g/mol. The second-order valence-electron chi connectivity index (χ2n) is 7.01. The molecule has 0 aliphatic carbocycles. The molecule has 8 nitrogen and oxygen atoms in total. The van der Waals surface area contributed by atoms with Gasteiger partial charge >= 0.3 is 0 Å². The molecule has 0 unspecified atom stereocenters. The van der Waals surface area contributed by atoms with E-state index in [2.05, 4.69) is 33.0 Å². The molecule has 3 N–H and O–H groups in total. The van der Waals surface area contributed by atoms with Crippen molar-refractivity contribution in [3.63, 3.8) is 0 Å². The Morgan fingerprint density at radius 3 is 2.21 bits per heavy atom. The lowest BCUT2D eigenvalue weighted by molar-refractivity contribution is -0.125. The minimum Gasteiger partial charge on any atom is -0.459 e. The van der Waals surface area contributed by atoms with Crippen LogP contribution in [0.3, 0.4) is 0 Å². The molecule has 1 aromatic carbocycles. The SMILES string of the molecule is O=C(CNC(=O)CNC(=O)c1ccco1)NCc1ccc(CN2CCCC2)cc1. The summed E-state index contributed by atoms with van der Waals surface area (Å²) in [6, 6.07) is 11.3.